The number of rotatable bonds is 15. The van der Waals surface area contributed by atoms with Crippen LogP contribution in [0.15, 0.2) is 178 Å². The van der Waals surface area contributed by atoms with Gasteiger partial charge in [-0.25, -0.2) is 35.6 Å². The predicted octanol–water partition coefficient (Wildman–Crippen LogP) is 9.63. The Morgan fingerprint density at radius 1 is 0.556 bits per heavy atom. The largest absolute Gasteiger partial charge is 0.273 e. The molecule has 320 valence electrons. The van der Waals surface area contributed by atoms with E-state index in [0.717, 1.165) is 32.5 Å². The predicted molar refractivity (Wildman–Crippen MR) is 248 cm³/mol. The summed E-state index contributed by atoms with van der Waals surface area (Å²) in [6.07, 6.45) is 0. The quantitative estimate of drug-likeness (QED) is 0.101. The molecule has 2 unspecified atom stereocenters. The van der Waals surface area contributed by atoms with Gasteiger partial charge < -0.3 is 0 Å². The second kappa shape index (κ2) is 18.7. The van der Waals surface area contributed by atoms with Crippen LogP contribution in [0.2, 0.25) is 5.02 Å². The Hall–Kier alpha value is -5.47. The van der Waals surface area contributed by atoms with Crippen LogP contribution in [0.25, 0.3) is 11.4 Å². The van der Waals surface area contributed by atoms with Gasteiger partial charge in [-0.2, -0.15) is 10.2 Å². The fourth-order valence-electron chi connectivity index (χ4n) is 6.70. The zero-order valence-electron chi connectivity index (χ0n) is 33.2. The van der Waals surface area contributed by atoms with Crippen molar-refractivity contribution >= 4 is 89.7 Å². The number of nitrogens with zero attached hydrogens (tertiary/aromatic N) is 4. The highest BCUT2D eigenvalue weighted by Crippen LogP contribution is 2.40. The topological polar surface area (TPSA) is 162 Å². The van der Waals surface area contributed by atoms with Crippen LogP contribution in [0.5, 0.6) is 0 Å². The van der Waals surface area contributed by atoms with Gasteiger partial charge >= 0.3 is 0 Å². The molecule has 63 heavy (non-hydrogen) atoms. The molecule has 0 aliphatic carbocycles. The lowest BCUT2D eigenvalue weighted by molar-refractivity contribution is -0.127. The average molecular weight is 972 g/mol. The molecule has 4 heterocycles. The normalized spacial score (nSPS) is 12.7. The Labute approximate surface area is 385 Å². The summed E-state index contributed by atoms with van der Waals surface area (Å²) in [6, 6.07) is 43.4. The summed E-state index contributed by atoms with van der Waals surface area (Å²) in [5.74, 6) is -5.66. The van der Waals surface area contributed by atoms with Gasteiger partial charge in [-0.15, -0.1) is 22.7 Å². The summed E-state index contributed by atoms with van der Waals surface area (Å²) in [7, 11) is -9.15. The highest BCUT2D eigenvalue weighted by molar-refractivity contribution is 8.02. The van der Waals surface area contributed by atoms with E-state index in [1.54, 1.807) is 117 Å². The van der Waals surface area contributed by atoms with E-state index in [4.69, 9.17) is 11.6 Å². The molecule has 2 atom stereocenters. The number of aryl methyl sites for hydroxylation is 2. The lowest BCUT2D eigenvalue weighted by Crippen LogP contribution is -2.44. The molecular weight excluding hydrogens is 936 g/mol. The Balaban J connectivity index is 1.24. The highest BCUT2D eigenvalue weighted by atomic mass is 35.5. The molecule has 12 nitrogen and oxygen atoms in total. The second-order valence-electron chi connectivity index (χ2n) is 13.9. The zero-order chi connectivity index (χ0) is 44.3. The highest BCUT2D eigenvalue weighted by Gasteiger charge is 2.44. The Bertz CT molecular complexity index is 3150. The van der Waals surface area contributed by atoms with Crippen LogP contribution in [0.3, 0.4) is 0 Å². The number of halogens is 1. The molecule has 0 aliphatic heterocycles. The second-order valence-corrected chi connectivity index (χ2v) is 23.1. The van der Waals surface area contributed by atoms with Gasteiger partial charge in [0.15, 0.2) is 0 Å². The van der Waals surface area contributed by atoms with Gasteiger partial charge in [0.2, 0.25) is 11.8 Å². The van der Waals surface area contributed by atoms with Crippen LogP contribution in [0.4, 0.5) is 0 Å². The van der Waals surface area contributed by atoms with E-state index in [9.17, 15) is 16.8 Å². The van der Waals surface area contributed by atoms with Crippen molar-refractivity contribution in [3.05, 3.63) is 179 Å². The summed E-state index contributed by atoms with van der Waals surface area (Å²) >= 11 is 10.8. The number of benzene rings is 4. The number of para-hydroxylation sites is 2. The number of carbonyl (C=O) groups is 2. The Morgan fingerprint density at radius 2 is 0.968 bits per heavy atom. The number of carbonyl (C=O) groups excluding carboxylic acids is 2. The van der Waals surface area contributed by atoms with Gasteiger partial charge in [0, 0.05) is 14.8 Å². The maximum atomic E-state index is 15.1. The molecule has 8 aromatic rings. The van der Waals surface area contributed by atoms with E-state index in [1.165, 1.54) is 45.0 Å². The molecule has 0 saturated heterocycles. The number of sulfonamides is 2. The first-order valence-corrected chi connectivity index (χ1v) is 25.6. The van der Waals surface area contributed by atoms with E-state index >= 15 is 9.59 Å². The van der Waals surface area contributed by atoms with Gasteiger partial charge in [-0.3, -0.25) is 9.59 Å². The first-order chi connectivity index (χ1) is 30.2. The number of aromatic nitrogens is 4. The maximum absolute atomic E-state index is 15.1. The smallest absolute Gasteiger partial charge is 0.273 e. The molecule has 2 N–H and O–H groups in total. The average Bonchev–Trinajstić information content (AvgIpc) is 4.08. The maximum Gasteiger partial charge on any atom is 0.273 e. The zero-order valence-corrected chi connectivity index (χ0v) is 38.8. The molecular formula is C44H35ClN6O6S6. The standard InChI is InChI=1S/C44H35ClN6O6S6/c1-28-25-35(50(46-28)31-14-6-3-7-15-31)41(43(52)48-62(54,55)39-23-21-37(60-39)58-33-18-10-5-11-19-33)42(36-26-29(2)47-51(36)32-16-8-4-9-17-32)44(53)49-63(56,57)40-24-22-38(61-40)59-34-20-12-13-30(45)27-34/h3-27,41-42H,1-2H3,(H,48,52)(H,49,53). The summed E-state index contributed by atoms with van der Waals surface area (Å²) in [5, 5.41) is 9.86. The Morgan fingerprint density at radius 3 is 1.41 bits per heavy atom. The van der Waals surface area contributed by atoms with E-state index in [1.807, 2.05) is 36.4 Å². The lowest BCUT2D eigenvalue weighted by Gasteiger charge is -2.27. The molecule has 0 aliphatic rings. The number of hydrogen-bond acceptors (Lipinski definition) is 12. The minimum absolute atomic E-state index is 0.114. The van der Waals surface area contributed by atoms with Crippen LogP contribution < -0.4 is 9.44 Å². The third-order valence-electron chi connectivity index (χ3n) is 9.34. The lowest BCUT2D eigenvalue weighted by atomic mass is 9.84. The fourth-order valence-corrected chi connectivity index (χ4v) is 14.2. The molecule has 0 fully saturated rings. The van der Waals surface area contributed by atoms with Gasteiger partial charge in [0.05, 0.1) is 54.4 Å². The molecule has 2 amide bonds. The molecule has 0 bridgehead atoms. The van der Waals surface area contributed by atoms with Gasteiger partial charge in [0.1, 0.15) is 8.42 Å². The van der Waals surface area contributed by atoms with Crippen molar-refractivity contribution in [3.8, 4) is 11.4 Å². The van der Waals surface area contributed by atoms with Gasteiger partial charge in [-0.05, 0) is 105 Å². The summed E-state index contributed by atoms with van der Waals surface area (Å²) in [4.78, 5) is 31.9. The molecule has 4 aromatic carbocycles. The molecule has 0 radical (unpaired) electrons. The number of nitrogens with one attached hydrogen (secondary N) is 2. The van der Waals surface area contributed by atoms with E-state index in [-0.39, 0.29) is 19.8 Å². The van der Waals surface area contributed by atoms with Crippen molar-refractivity contribution in [1.29, 1.82) is 0 Å². The van der Waals surface area contributed by atoms with Crippen LogP contribution >= 0.6 is 57.8 Å². The van der Waals surface area contributed by atoms with Gasteiger partial charge in [-0.1, -0.05) is 95.8 Å². The van der Waals surface area contributed by atoms with Crippen molar-refractivity contribution in [2.24, 2.45) is 0 Å². The van der Waals surface area contributed by atoms with Crippen molar-refractivity contribution < 1.29 is 26.4 Å². The minimum atomic E-state index is -4.59. The summed E-state index contributed by atoms with van der Waals surface area (Å²) < 4.78 is 65.3. The van der Waals surface area contributed by atoms with Crippen molar-refractivity contribution in [2.75, 3.05) is 0 Å². The first kappa shape index (κ1) is 44.1. The number of thiophene rings is 2. The minimum Gasteiger partial charge on any atom is -0.273 e. The van der Waals surface area contributed by atoms with E-state index in [2.05, 4.69) is 19.6 Å². The fraction of sp³-hybridized carbons (Fsp3) is 0.0909. The van der Waals surface area contributed by atoms with Crippen molar-refractivity contribution in [1.82, 2.24) is 29.0 Å². The molecule has 8 rings (SSSR count). The van der Waals surface area contributed by atoms with Crippen LogP contribution in [0.1, 0.15) is 34.6 Å². The van der Waals surface area contributed by atoms with Gasteiger partial charge in [0.25, 0.3) is 20.0 Å². The van der Waals surface area contributed by atoms with E-state index in [0.29, 0.717) is 36.2 Å². The van der Waals surface area contributed by atoms with E-state index < -0.39 is 43.7 Å². The third kappa shape index (κ3) is 10.2. The van der Waals surface area contributed by atoms with Crippen LogP contribution in [-0.2, 0) is 29.6 Å². The number of amides is 2. The van der Waals surface area contributed by atoms with Crippen molar-refractivity contribution in [3.63, 3.8) is 0 Å². The summed E-state index contributed by atoms with van der Waals surface area (Å²) in [5.41, 5.74) is 2.12. The first-order valence-electron chi connectivity index (χ1n) is 19.0. The summed E-state index contributed by atoms with van der Waals surface area (Å²) in [6.45, 7) is 3.39. The molecule has 19 heteroatoms. The van der Waals surface area contributed by atoms with Crippen LogP contribution in [-0.4, -0.2) is 48.2 Å². The molecule has 4 aromatic heterocycles. The SMILES string of the molecule is Cc1cc(C(C(=O)NS(=O)(=O)c2ccc(Sc3ccccc3)s2)C(C(=O)NS(=O)(=O)c2ccc(Sc3cccc(Cl)c3)s2)c2cc(C)nn2-c2ccccc2)n(-c2ccccc2)n1. The van der Waals surface area contributed by atoms with Crippen molar-refractivity contribution in [2.45, 2.75) is 52.3 Å². The monoisotopic (exact) mass is 970 g/mol. The molecule has 0 spiro atoms. The molecule has 0 saturated carbocycles. The number of hydrogen-bond donors (Lipinski definition) is 2. The Kier molecular flexibility index (Phi) is 13.1. The van der Waals surface area contributed by atoms with Crippen LogP contribution in [0, 0.1) is 13.8 Å². The third-order valence-corrected chi connectivity index (χ3v) is 17.7.